The third kappa shape index (κ3) is 3.03. The van der Waals surface area contributed by atoms with Gasteiger partial charge < -0.3 is 10.4 Å². The van der Waals surface area contributed by atoms with E-state index < -0.39 is 0 Å². The van der Waals surface area contributed by atoms with Crippen LogP contribution in [-0.2, 0) is 6.54 Å². The summed E-state index contributed by atoms with van der Waals surface area (Å²) in [6.07, 6.45) is 0. The molecule has 0 bridgehead atoms. The van der Waals surface area contributed by atoms with E-state index in [1.165, 1.54) is 5.56 Å². The molecule has 0 amide bonds. The van der Waals surface area contributed by atoms with Crippen LogP contribution in [0.25, 0.3) is 0 Å². The molecule has 0 spiro atoms. The second kappa shape index (κ2) is 5.67. The SMILES string of the molecule is Oc1ccc(CN2CCN(C3CNC3)CC2)cc1Cl. The summed E-state index contributed by atoms with van der Waals surface area (Å²) in [5.41, 5.74) is 1.17. The third-order valence-electron chi connectivity index (χ3n) is 4.10. The first-order valence-electron chi connectivity index (χ1n) is 6.87. The summed E-state index contributed by atoms with van der Waals surface area (Å²) >= 11 is 5.94. The molecule has 2 aliphatic rings. The van der Waals surface area contributed by atoms with Crippen LogP contribution < -0.4 is 5.32 Å². The Hall–Kier alpha value is -0.810. The van der Waals surface area contributed by atoms with E-state index in [2.05, 4.69) is 15.1 Å². The van der Waals surface area contributed by atoms with Gasteiger partial charge in [-0.1, -0.05) is 17.7 Å². The van der Waals surface area contributed by atoms with Gasteiger partial charge in [0.2, 0.25) is 0 Å². The van der Waals surface area contributed by atoms with Crippen LogP contribution in [-0.4, -0.2) is 60.2 Å². The normalized spacial score (nSPS) is 22.4. The van der Waals surface area contributed by atoms with Crippen LogP contribution in [0.2, 0.25) is 5.02 Å². The van der Waals surface area contributed by atoms with Crippen molar-refractivity contribution in [3.8, 4) is 5.75 Å². The molecular weight excluding hydrogens is 262 g/mol. The van der Waals surface area contributed by atoms with Gasteiger partial charge in [-0.05, 0) is 17.7 Å². The third-order valence-corrected chi connectivity index (χ3v) is 4.40. The lowest BCUT2D eigenvalue weighted by Crippen LogP contribution is -2.61. The van der Waals surface area contributed by atoms with Gasteiger partial charge >= 0.3 is 0 Å². The Bertz CT molecular complexity index is 442. The monoisotopic (exact) mass is 281 g/mol. The maximum absolute atomic E-state index is 9.42. The number of nitrogens with zero attached hydrogens (tertiary/aromatic N) is 2. The maximum atomic E-state index is 9.42. The highest BCUT2D eigenvalue weighted by Gasteiger charge is 2.27. The number of benzene rings is 1. The van der Waals surface area contributed by atoms with E-state index in [-0.39, 0.29) is 5.75 Å². The Balaban J connectivity index is 1.52. The number of halogens is 1. The Morgan fingerprint density at radius 2 is 1.95 bits per heavy atom. The largest absolute Gasteiger partial charge is 0.506 e. The predicted molar refractivity (Wildman–Crippen MR) is 76.6 cm³/mol. The van der Waals surface area contributed by atoms with Gasteiger partial charge in [0.15, 0.2) is 0 Å². The van der Waals surface area contributed by atoms with E-state index in [1.54, 1.807) is 6.07 Å². The van der Waals surface area contributed by atoms with Crippen molar-refractivity contribution in [1.29, 1.82) is 0 Å². The molecule has 0 aromatic heterocycles. The molecule has 2 N–H and O–H groups in total. The van der Waals surface area contributed by atoms with Gasteiger partial charge in [-0.2, -0.15) is 0 Å². The lowest BCUT2D eigenvalue weighted by atomic mass is 10.1. The minimum Gasteiger partial charge on any atom is -0.506 e. The first-order chi connectivity index (χ1) is 9.22. The van der Waals surface area contributed by atoms with Crippen LogP contribution in [0, 0.1) is 0 Å². The second-order valence-corrected chi connectivity index (χ2v) is 5.82. The van der Waals surface area contributed by atoms with Gasteiger partial charge in [0, 0.05) is 51.9 Å². The summed E-state index contributed by atoms with van der Waals surface area (Å²) in [5, 5.41) is 13.2. The number of aromatic hydroxyl groups is 1. The summed E-state index contributed by atoms with van der Waals surface area (Å²) in [4.78, 5) is 5.03. The van der Waals surface area contributed by atoms with Gasteiger partial charge in [-0.15, -0.1) is 0 Å². The van der Waals surface area contributed by atoms with Gasteiger partial charge in [0.25, 0.3) is 0 Å². The predicted octanol–water partition coefficient (Wildman–Crippen LogP) is 1.13. The number of hydrogen-bond donors (Lipinski definition) is 2. The molecule has 104 valence electrons. The zero-order chi connectivity index (χ0) is 13.2. The molecule has 2 saturated heterocycles. The van der Waals surface area contributed by atoms with Crippen molar-refractivity contribution in [2.24, 2.45) is 0 Å². The zero-order valence-corrected chi connectivity index (χ0v) is 11.7. The van der Waals surface area contributed by atoms with Crippen LogP contribution in [0.3, 0.4) is 0 Å². The Morgan fingerprint density at radius 1 is 1.21 bits per heavy atom. The van der Waals surface area contributed by atoms with Crippen molar-refractivity contribution in [2.75, 3.05) is 39.3 Å². The first-order valence-corrected chi connectivity index (χ1v) is 7.25. The zero-order valence-electron chi connectivity index (χ0n) is 11.0. The van der Waals surface area contributed by atoms with Crippen molar-refractivity contribution in [2.45, 2.75) is 12.6 Å². The van der Waals surface area contributed by atoms with Crippen LogP contribution in [0.1, 0.15) is 5.56 Å². The Morgan fingerprint density at radius 3 is 2.53 bits per heavy atom. The van der Waals surface area contributed by atoms with E-state index in [4.69, 9.17) is 11.6 Å². The number of phenolic OH excluding ortho intramolecular Hbond substituents is 1. The van der Waals surface area contributed by atoms with Crippen LogP contribution in [0.4, 0.5) is 0 Å². The van der Waals surface area contributed by atoms with Gasteiger partial charge in [-0.25, -0.2) is 0 Å². The summed E-state index contributed by atoms with van der Waals surface area (Å²) in [6.45, 7) is 7.72. The van der Waals surface area contributed by atoms with Crippen molar-refractivity contribution in [1.82, 2.24) is 15.1 Å². The smallest absolute Gasteiger partial charge is 0.134 e. The van der Waals surface area contributed by atoms with Crippen LogP contribution in [0.15, 0.2) is 18.2 Å². The van der Waals surface area contributed by atoms with Crippen molar-refractivity contribution in [3.63, 3.8) is 0 Å². The highest BCUT2D eigenvalue weighted by molar-refractivity contribution is 6.32. The molecule has 0 atom stereocenters. The maximum Gasteiger partial charge on any atom is 0.134 e. The average Bonchev–Trinajstić information content (AvgIpc) is 2.34. The van der Waals surface area contributed by atoms with Gasteiger partial charge in [-0.3, -0.25) is 9.80 Å². The van der Waals surface area contributed by atoms with E-state index in [9.17, 15) is 5.11 Å². The molecule has 2 aliphatic heterocycles. The Kier molecular flexibility index (Phi) is 3.93. The minimum absolute atomic E-state index is 0.160. The molecule has 2 fully saturated rings. The molecule has 2 heterocycles. The molecule has 19 heavy (non-hydrogen) atoms. The fourth-order valence-corrected chi connectivity index (χ4v) is 2.93. The molecule has 0 unspecified atom stereocenters. The van der Waals surface area contributed by atoms with E-state index >= 15 is 0 Å². The molecular formula is C14H20ClN3O. The fourth-order valence-electron chi connectivity index (χ4n) is 2.73. The topological polar surface area (TPSA) is 38.7 Å². The molecule has 5 heteroatoms. The number of hydrogen-bond acceptors (Lipinski definition) is 4. The lowest BCUT2D eigenvalue weighted by molar-refractivity contribution is 0.0695. The molecule has 1 aromatic rings. The second-order valence-electron chi connectivity index (χ2n) is 5.41. The minimum atomic E-state index is 0.160. The highest BCUT2D eigenvalue weighted by atomic mass is 35.5. The molecule has 3 rings (SSSR count). The quantitative estimate of drug-likeness (QED) is 0.871. The summed E-state index contributed by atoms with van der Waals surface area (Å²) < 4.78 is 0. The summed E-state index contributed by atoms with van der Waals surface area (Å²) in [7, 11) is 0. The number of phenols is 1. The number of piperazine rings is 1. The van der Waals surface area contributed by atoms with Crippen LogP contribution >= 0.6 is 11.6 Å². The fraction of sp³-hybridized carbons (Fsp3) is 0.571. The summed E-state index contributed by atoms with van der Waals surface area (Å²) in [5.74, 6) is 0.160. The van der Waals surface area contributed by atoms with Crippen LogP contribution in [0.5, 0.6) is 5.75 Å². The van der Waals surface area contributed by atoms with Crippen molar-refractivity contribution >= 4 is 11.6 Å². The standard InChI is InChI=1S/C14H20ClN3O/c15-13-7-11(1-2-14(13)19)10-17-3-5-18(6-4-17)12-8-16-9-12/h1-2,7,12,16,19H,3-6,8-10H2. The molecule has 0 radical (unpaired) electrons. The van der Waals surface area contributed by atoms with E-state index in [0.717, 1.165) is 51.9 Å². The lowest BCUT2D eigenvalue weighted by Gasteiger charge is -2.43. The molecule has 4 nitrogen and oxygen atoms in total. The summed E-state index contributed by atoms with van der Waals surface area (Å²) in [6, 6.07) is 6.24. The van der Waals surface area contributed by atoms with Gasteiger partial charge in [0.05, 0.1) is 5.02 Å². The van der Waals surface area contributed by atoms with E-state index in [1.807, 2.05) is 12.1 Å². The van der Waals surface area contributed by atoms with Gasteiger partial charge in [0.1, 0.15) is 5.75 Å². The van der Waals surface area contributed by atoms with Crippen molar-refractivity contribution < 1.29 is 5.11 Å². The molecule has 0 aliphatic carbocycles. The number of rotatable bonds is 3. The average molecular weight is 282 g/mol. The molecule has 0 saturated carbocycles. The number of nitrogens with one attached hydrogen (secondary N) is 1. The highest BCUT2D eigenvalue weighted by Crippen LogP contribution is 2.24. The Labute approximate surface area is 119 Å². The van der Waals surface area contributed by atoms with E-state index in [0.29, 0.717) is 5.02 Å². The first kappa shape index (κ1) is 13.2. The molecule has 1 aromatic carbocycles. The van der Waals surface area contributed by atoms with Crippen molar-refractivity contribution in [3.05, 3.63) is 28.8 Å².